The van der Waals surface area contributed by atoms with Gasteiger partial charge in [-0.3, -0.25) is 19.2 Å². The van der Waals surface area contributed by atoms with E-state index in [9.17, 15) is 23.6 Å². The van der Waals surface area contributed by atoms with Gasteiger partial charge >= 0.3 is 17.9 Å². The van der Waals surface area contributed by atoms with Crippen molar-refractivity contribution in [3.8, 4) is 0 Å². The van der Waals surface area contributed by atoms with Crippen molar-refractivity contribution in [1.29, 1.82) is 0 Å². The van der Waals surface area contributed by atoms with Crippen LogP contribution >= 0.6 is 0 Å². The van der Waals surface area contributed by atoms with E-state index in [0.717, 1.165) is 56.9 Å². The number of hydrogen-bond acceptors (Lipinski definition) is 10. The summed E-state index contributed by atoms with van der Waals surface area (Å²) < 4.78 is 34.9. The van der Waals surface area contributed by atoms with Crippen molar-refractivity contribution in [2.75, 3.05) is 13.2 Å². The molecule has 1 aromatic heterocycles. The van der Waals surface area contributed by atoms with E-state index < -0.39 is 61.2 Å². The van der Waals surface area contributed by atoms with Crippen LogP contribution < -0.4 is 10.8 Å². The minimum atomic E-state index is -1.58. The third-order valence-electron chi connectivity index (χ3n) is 7.48. The number of H-pyrrole nitrogens is 1. The molecule has 47 heavy (non-hydrogen) atoms. The van der Waals surface area contributed by atoms with Crippen LogP contribution in [0.5, 0.6) is 0 Å². The highest BCUT2D eigenvalue weighted by Crippen LogP contribution is 2.29. The first-order valence-corrected chi connectivity index (χ1v) is 15.3. The molecule has 0 aliphatic carbocycles. The SMILES string of the molecule is CC(=O)O[C@H]1[C@@H](OC(C)=O)[C@@H](CF)O[C@@H](ONC(=O)/C=C/Cc2ccc(CNCCc3c(C)[nH]c4ccccc34)cc2)[C@@H]1OC(C)=O. The van der Waals surface area contributed by atoms with Crippen molar-refractivity contribution >= 4 is 34.7 Å². The Hall–Kier alpha value is -4.59. The van der Waals surface area contributed by atoms with Crippen LogP contribution in [0.2, 0.25) is 0 Å². The average Bonchev–Trinajstić information content (AvgIpc) is 3.35. The van der Waals surface area contributed by atoms with E-state index in [1.165, 1.54) is 22.7 Å². The fourth-order valence-corrected chi connectivity index (χ4v) is 5.42. The molecule has 252 valence electrons. The van der Waals surface area contributed by atoms with E-state index in [-0.39, 0.29) is 0 Å². The molecule has 0 radical (unpaired) electrons. The Morgan fingerprint density at radius 2 is 1.53 bits per heavy atom. The highest BCUT2D eigenvalue weighted by Gasteiger charge is 2.53. The summed E-state index contributed by atoms with van der Waals surface area (Å²) in [6.07, 6.45) is -3.16. The number of esters is 3. The van der Waals surface area contributed by atoms with E-state index in [2.05, 4.69) is 40.9 Å². The first kappa shape index (κ1) is 35.3. The number of carbonyl (C=O) groups is 4. The van der Waals surface area contributed by atoms with Gasteiger partial charge in [0.2, 0.25) is 6.29 Å². The van der Waals surface area contributed by atoms with Crippen LogP contribution in [0.25, 0.3) is 10.9 Å². The molecule has 0 spiro atoms. The molecule has 1 saturated heterocycles. The number of fused-ring (bicyclic) bond motifs is 1. The number of halogens is 1. The van der Waals surface area contributed by atoms with Crippen LogP contribution in [-0.2, 0) is 62.3 Å². The number of hydroxylamine groups is 1. The normalized spacial score (nSPS) is 21.0. The summed E-state index contributed by atoms with van der Waals surface area (Å²) in [5.41, 5.74) is 7.92. The zero-order chi connectivity index (χ0) is 33.9. The van der Waals surface area contributed by atoms with E-state index in [4.69, 9.17) is 23.8 Å². The molecule has 2 aromatic carbocycles. The molecule has 1 aliphatic heterocycles. The summed E-state index contributed by atoms with van der Waals surface area (Å²) >= 11 is 0. The lowest BCUT2D eigenvalue weighted by Crippen LogP contribution is -2.63. The van der Waals surface area contributed by atoms with E-state index >= 15 is 0 Å². The standard InChI is InChI=1S/C34H40FN3O9/c1-20-26(27-9-5-6-10-28(27)37-20)16-17-36-19-25-14-12-24(13-15-25)8-7-11-30(42)38-47-34-33(45-23(4)41)32(44-22(3)40)31(43-21(2)39)29(18-35)46-34/h5-7,9-15,29,31-34,36-37H,8,16-19H2,1-4H3,(H,38,42)/b11-7+/t29-,31+,32+,33-,34+/m1/s1. The lowest BCUT2D eigenvalue weighted by atomic mass is 9.98. The molecule has 13 heteroatoms. The highest BCUT2D eigenvalue weighted by atomic mass is 19.1. The van der Waals surface area contributed by atoms with Crippen molar-refractivity contribution in [2.45, 2.75) is 77.8 Å². The van der Waals surface area contributed by atoms with Crippen LogP contribution in [0.4, 0.5) is 4.39 Å². The van der Waals surface area contributed by atoms with Gasteiger partial charge in [0, 0.05) is 50.0 Å². The van der Waals surface area contributed by atoms with Crippen molar-refractivity contribution in [1.82, 2.24) is 15.8 Å². The molecule has 1 aliphatic rings. The van der Waals surface area contributed by atoms with Gasteiger partial charge < -0.3 is 29.2 Å². The zero-order valence-electron chi connectivity index (χ0n) is 26.7. The summed E-state index contributed by atoms with van der Waals surface area (Å²) in [5, 5.41) is 4.75. The number of allylic oxidation sites excluding steroid dienone is 1. The van der Waals surface area contributed by atoms with Crippen LogP contribution in [0.3, 0.4) is 0 Å². The lowest BCUT2D eigenvalue weighted by molar-refractivity contribution is -0.315. The Labute approximate surface area is 271 Å². The molecular formula is C34H40FN3O9. The summed E-state index contributed by atoms with van der Waals surface area (Å²) in [7, 11) is 0. The van der Waals surface area contributed by atoms with E-state index in [1.807, 2.05) is 30.3 Å². The molecule has 3 aromatic rings. The molecule has 3 N–H and O–H groups in total. The monoisotopic (exact) mass is 653 g/mol. The Kier molecular flexibility index (Phi) is 12.6. The quantitative estimate of drug-likeness (QED) is 0.0775. The van der Waals surface area contributed by atoms with Gasteiger partial charge in [-0.2, -0.15) is 0 Å². The van der Waals surface area contributed by atoms with Crippen molar-refractivity contribution < 1.29 is 47.4 Å². The van der Waals surface area contributed by atoms with Gasteiger partial charge in [0.25, 0.3) is 5.91 Å². The van der Waals surface area contributed by atoms with Crippen LogP contribution in [-0.4, -0.2) is 72.7 Å². The van der Waals surface area contributed by atoms with Gasteiger partial charge in [0.1, 0.15) is 12.8 Å². The predicted octanol–water partition coefficient (Wildman–Crippen LogP) is 3.44. The largest absolute Gasteiger partial charge is 0.456 e. The number of rotatable bonds is 14. The Balaban J connectivity index is 1.26. The predicted molar refractivity (Wildman–Crippen MR) is 168 cm³/mol. The molecule has 1 amide bonds. The van der Waals surface area contributed by atoms with Gasteiger partial charge in [0.05, 0.1) is 0 Å². The molecule has 0 saturated carbocycles. The number of aromatic amines is 1. The zero-order valence-corrected chi connectivity index (χ0v) is 26.7. The molecule has 0 unspecified atom stereocenters. The fraction of sp³-hybridized carbons (Fsp3) is 0.412. The van der Waals surface area contributed by atoms with Gasteiger partial charge in [-0.05, 0) is 49.1 Å². The number of aryl methyl sites for hydroxylation is 1. The molecule has 4 rings (SSSR count). The third-order valence-corrected chi connectivity index (χ3v) is 7.48. The van der Waals surface area contributed by atoms with E-state index in [1.54, 1.807) is 6.08 Å². The van der Waals surface area contributed by atoms with Gasteiger partial charge in [0.15, 0.2) is 18.3 Å². The maximum Gasteiger partial charge on any atom is 0.303 e. The number of benzene rings is 2. The van der Waals surface area contributed by atoms with Crippen molar-refractivity contribution in [2.24, 2.45) is 0 Å². The minimum absolute atomic E-state index is 0.458. The van der Waals surface area contributed by atoms with Gasteiger partial charge in [-0.1, -0.05) is 48.5 Å². The van der Waals surface area contributed by atoms with Crippen molar-refractivity contribution in [3.05, 3.63) is 83.1 Å². The number of carbonyl (C=O) groups excluding carboxylic acids is 4. The molecule has 5 atom stereocenters. The summed E-state index contributed by atoms with van der Waals surface area (Å²) in [4.78, 5) is 56.4. The average molecular weight is 654 g/mol. The van der Waals surface area contributed by atoms with Crippen LogP contribution in [0.15, 0.2) is 60.7 Å². The van der Waals surface area contributed by atoms with Gasteiger partial charge in [-0.15, -0.1) is 0 Å². The number of nitrogens with one attached hydrogen (secondary N) is 3. The Morgan fingerprint density at radius 1 is 0.894 bits per heavy atom. The first-order chi connectivity index (χ1) is 22.5. The third kappa shape index (κ3) is 9.95. The molecular weight excluding hydrogens is 613 g/mol. The number of amides is 1. The number of alkyl halides is 1. The van der Waals surface area contributed by atoms with Crippen molar-refractivity contribution in [3.63, 3.8) is 0 Å². The number of para-hydroxylation sites is 1. The van der Waals surface area contributed by atoms with Crippen LogP contribution in [0.1, 0.15) is 43.2 Å². The number of hydrogen-bond donors (Lipinski definition) is 3. The first-order valence-electron chi connectivity index (χ1n) is 15.3. The number of aromatic nitrogens is 1. The molecule has 0 bridgehead atoms. The second-order valence-electron chi connectivity index (χ2n) is 11.1. The summed E-state index contributed by atoms with van der Waals surface area (Å²) in [6.45, 7) is 5.74. The maximum atomic E-state index is 13.9. The number of ether oxygens (including phenoxy) is 4. The maximum absolute atomic E-state index is 13.9. The van der Waals surface area contributed by atoms with E-state index in [0.29, 0.717) is 6.42 Å². The minimum Gasteiger partial charge on any atom is -0.456 e. The Bertz CT molecular complexity index is 1570. The smallest absolute Gasteiger partial charge is 0.303 e. The fourth-order valence-electron chi connectivity index (χ4n) is 5.42. The lowest BCUT2D eigenvalue weighted by Gasteiger charge is -2.43. The molecule has 1 fully saturated rings. The second-order valence-corrected chi connectivity index (χ2v) is 11.1. The Morgan fingerprint density at radius 3 is 2.21 bits per heavy atom. The second kappa shape index (κ2) is 16.8. The molecule has 2 heterocycles. The highest BCUT2D eigenvalue weighted by molar-refractivity contribution is 5.86. The summed E-state index contributed by atoms with van der Waals surface area (Å²) in [6, 6.07) is 16.3. The molecule has 12 nitrogen and oxygen atoms in total. The van der Waals surface area contributed by atoms with Crippen LogP contribution in [0, 0.1) is 6.92 Å². The topological polar surface area (TPSA) is 154 Å². The summed E-state index contributed by atoms with van der Waals surface area (Å²) in [5.74, 6) is -3.09. The van der Waals surface area contributed by atoms with Gasteiger partial charge in [-0.25, -0.2) is 14.7 Å².